The molecule has 0 spiro atoms. The molecule has 0 fully saturated rings. The SMILES string of the molecule is O=C(CCc1nc(-c2ccc(F)cc2)no1)NCCNC(=O)c1ccccc1Cl. The highest BCUT2D eigenvalue weighted by atomic mass is 35.5. The summed E-state index contributed by atoms with van der Waals surface area (Å²) in [4.78, 5) is 28.1. The molecule has 0 unspecified atom stereocenters. The summed E-state index contributed by atoms with van der Waals surface area (Å²) in [6, 6.07) is 12.4. The molecule has 0 saturated carbocycles. The molecule has 0 bridgehead atoms. The molecule has 2 N–H and O–H groups in total. The topological polar surface area (TPSA) is 97.1 Å². The third-order valence-electron chi connectivity index (χ3n) is 3.99. The molecule has 1 heterocycles. The molecule has 2 aromatic carbocycles. The van der Waals surface area contributed by atoms with Crippen LogP contribution in [0.25, 0.3) is 11.4 Å². The lowest BCUT2D eigenvalue weighted by atomic mass is 10.2. The van der Waals surface area contributed by atoms with Crippen molar-refractivity contribution in [3.05, 3.63) is 70.8 Å². The minimum Gasteiger partial charge on any atom is -0.354 e. The Morgan fingerprint density at radius 1 is 1.03 bits per heavy atom. The van der Waals surface area contributed by atoms with Crippen LogP contribution < -0.4 is 10.6 Å². The molecule has 0 radical (unpaired) electrons. The summed E-state index contributed by atoms with van der Waals surface area (Å²) < 4.78 is 18.1. The summed E-state index contributed by atoms with van der Waals surface area (Å²) >= 11 is 5.96. The van der Waals surface area contributed by atoms with Crippen LogP contribution in [0.1, 0.15) is 22.7 Å². The monoisotopic (exact) mass is 416 g/mol. The number of aryl methyl sites for hydroxylation is 1. The zero-order valence-electron chi connectivity index (χ0n) is 15.3. The Morgan fingerprint density at radius 3 is 2.52 bits per heavy atom. The van der Waals surface area contributed by atoms with E-state index in [0.29, 0.717) is 27.9 Å². The molecule has 9 heteroatoms. The average molecular weight is 417 g/mol. The second kappa shape index (κ2) is 9.79. The van der Waals surface area contributed by atoms with Crippen molar-refractivity contribution in [2.75, 3.05) is 13.1 Å². The van der Waals surface area contributed by atoms with Crippen LogP contribution in [0.2, 0.25) is 5.02 Å². The van der Waals surface area contributed by atoms with Gasteiger partial charge in [-0.15, -0.1) is 0 Å². The Kier molecular flexibility index (Phi) is 6.91. The Balaban J connectivity index is 1.38. The molecule has 2 amide bonds. The van der Waals surface area contributed by atoms with Crippen LogP contribution in [0.15, 0.2) is 53.1 Å². The van der Waals surface area contributed by atoms with E-state index in [2.05, 4.69) is 20.8 Å². The van der Waals surface area contributed by atoms with Crippen molar-refractivity contribution in [2.24, 2.45) is 0 Å². The highest BCUT2D eigenvalue weighted by Gasteiger charge is 2.11. The second-order valence-electron chi connectivity index (χ2n) is 6.10. The van der Waals surface area contributed by atoms with Gasteiger partial charge in [0.1, 0.15) is 5.82 Å². The van der Waals surface area contributed by atoms with Crippen molar-refractivity contribution in [1.82, 2.24) is 20.8 Å². The lowest BCUT2D eigenvalue weighted by molar-refractivity contribution is -0.121. The Hall–Kier alpha value is -3.26. The molecule has 150 valence electrons. The summed E-state index contributed by atoms with van der Waals surface area (Å²) in [5.74, 6) is -0.214. The van der Waals surface area contributed by atoms with Crippen LogP contribution in [-0.4, -0.2) is 35.0 Å². The largest absolute Gasteiger partial charge is 0.354 e. The first-order valence-electron chi connectivity index (χ1n) is 8.91. The van der Waals surface area contributed by atoms with Crippen LogP contribution in [0.5, 0.6) is 0 Å². The van der Waals surface area contributed by atoms with Gasteiger partial charge in [-0.1, -0.05) is 28.9 Å². The summed E-state index contributed by atoms with van der Waals surface area (Å²) in [6.45, 7) is 0.546. The number of hydrogen-bond acceptors (Lipinski definition) is 5. The van der Waals surface area contributed by atoms with Crippen molar-refractivity contribution in [1.29, 1.82) is 0 Å². The molecule has 0 atom stereocenters. The van der Waals surface area contributed by atoms with E-state index in [4.69, 9.17) is 16.1 Å². The van der Waals surface area contributed by atoms with E-state index in [0.717, 1.165) is 0 Å². The molecular formula is C20H18ClFN4O3. The Labute approximate surface area is 171 Å². The molecule has 0 aliphatic heterocycles. The summed E-state index contributed by atoms with van der Waals surface area (Å²) in [6.07, 6.45) is 0.426. The number of benzene rings is 2. The first-order valence-corrected chi connectivity index (χ1v) is 9.28. The van der Waals surface area contributed by atoms with Gasteiger partial charge in [0.05, 0.1) is 10.6 Å². The van der Waals surface area contributed by atoms with Gasteiger partial charge in [0.15, 0.2) is 0 Å². The third kappa shape index (κ3) is 5.86. The van der Waals surface area contributed by atoms with Crippen LogP contribution in [-0.2, 0) is 11.2 Å². The van der Waals surface area contributed by atoms with Crippen LogP contribution in [0.4, 0.5) is 4.39 Å². The van der Waals surface area contributed by atoms with Crippen LogP contribution in [0.3, 0.4) is 0 Å². The fourth-order valence-corrected chi connectivity index (χ4v) is 2.72. The summed E-state index contributed by atoms with van der Waals surface area (Å²) in [5.41, 5.74) is 1.01. The number of amides is 2. The highest BCUT2D eigenvalue weighted by molar-refractivity contribution is 6.33. The number of carbonyl (C=O) groups excluding carboxylic acids is 2. The number of halogens is 2. The Morgan fingerprint density at radius 2 is 1.76 bits per heavy atom. The molecule has 0 aliphatic carbocycles. The van der Waals surface area contributed by atoms with E-state index in [1.54, 1.807) is 36.4 Å². The first kappa shape index (κ1) is 20.5. The van der Waals surface area contributed by atoms with Gasteiger partial charge in [-0.05, 0) is 36.4 Å². The van der Waals surface area contributed by atoms with Crippen molar-refractivity contribution in [2.45, 2.75) is 12.8 Å². The molecule has 0 aliphatic rings. The standard InChI is InChI=1S/C20H18ClFN4O3/c21-16-4-2-1-3-15(16)20(28)24-12-11-23-17(27)9-10-18-25-19(26-29-18)13-5-7-14(22)8-6-13/h1-8H,9-12H2,(H,23,27)(H,24,28). The minimum atomic E-state index is -0.350. The summed E-state index contributed by atoms with van der Waals surface area (Å²) in [7, 11) is 0. The fourth-order valence-electron chi connectivity index (χ4n) is 2.50. The molecule has 7 nitrogen and oxygen atoms in total. The van der Waals surface area contributed by atoms with Gasteiger partial charge in [0.2, 0.25) is 17.6 Å². The number of aromatic nitrogens is 2. The molecule has 1 aromatic heterocycles. The normalized spacial score (nSPS) is 10.6. The number of carbonyl (C=O) groups is 2. The molecule has 3 aromatic rings. The summed E-state index contributed by atoms with van der Waals surface area (Å²) in [5, 5.41) is 9.58. The number of rotatable bonds is 8. The van der Waals surface area contributed by atoms with E-state index in [1.165, 1.54) is 12.1 Å². The molecular weight excluding hydrogens is 399 g/mol. The molecule has 0 saturated heterocycles. The van der Waals surface area contributed by atoms with Gasteiger partial charge in [-0.25, -0.2) is 4.39 Å². The Bertz CT molecular complexity index is 991. The van der Waals surface area contributed by atoms with Crippen molar-refractivity contribution in [3.63, 3.8) is 0 Å². The lowest BCUT2D eigenvalue weighted by Gasteiger charge is -2.07. The quantitative estimate of drug-likeness (QED) is 0.550. The molecule has 29 heavy (non-hydrogen) atoms. The van der Waals surface area contributed by atoms with E-state index in [1.807, 2.05) is 0 Å². The van der Waals surface area contributed by atoms with E-state index >= 15 is 0 Å². The van der Waals surface area contributed by atoms with Crippen molar-refractivity contribution in [3.8, 4) is 11.4 Å². The van der Waals surface area contributed by atoms with E-state index < -0.39 is 0 Å². The average Bonchev–Trinajstić information content (AvgIpc) is 3.19. The lowest BCUT2D eigenvalue weighted by Crippen LogP contribution is -2.34. The maximum Gasteiger partial charge on any atom is 0.252 e. The van der Waals surface area contributed by atoms with Gasteiger partial charge in [-0.2, -0.15) is 4.98 Å². The zero-order valence-corrected chi connectivity index (χ0v) is 16.1. The van der Waals surface area contributed by atoms with Gasteiger partial charge in [0, 0.05) is 31.5 Å². The third-order valence-corrected chi connectivity index (χ3v) is 4.32. The zero-order chi connectivity index (χ0) is 20.6. The maximum atomic E-state index is 13.0. The van der Waals surface area contributed by atoms with Gasteiger partial charge in [0.25, 0.3) is 5.91 Å². The minimum absolute atomic E-state index is 0.156. The number of hydrogen-bond donors (Lipinski definition) is 2. The number of nitrogens with zero attached hydrogens (tertiary/aromatic N) is 2. The van der Waals surface area contributed by atoms with E-state index in [-0.39, 0.29) is 43.6 Å². The van der Waals surface area contributed by atoms with Crippen LogP contribution >= 0.6 is 11.6 Å². The maximum absolute atomic E-state index is 13.0. The first-order chi connectivity index (χ1) is 14.0. The predicted molar refractivity (Wildman–Crippen MR) is 105 cm³/mol. The van der Waals surface area contributed by atoms with Gasteiger partial charge >= 0.3 is 0 Å². The number of nitrogens with one attached hydrogen (secondary N) is 2. The van der Waals surface area contributed by atoms with Crippen LogP contribution in [0, 0.1) is 5.82 Å². The smallest absolute Gasteiger partial charge is 0.252 e. The second-order valence-corrected chi connectivity index (χ2v) is 6.51. The molecule has 3 rings (SSSR count). The van der Waals surface area contributed by atoms with Crippen molar-refractivity contribution < 1.29 is 18.5 Å². The van der Waals surface area contributed by atoms with E-state index in [9.17, 15) is 14.0 Å². The van der Waals surface area contributed by atoms with Crippen molar-refractivity contribution >= 4 is 23.4 Å². The highest BCUT2D eigenvalue weighted by Crippen LogP contribution is 2.16. The van der Waals surface area contributed by atoms with Gasteiger partial charge in [-0.3, -0.25) is 9.59 Å². The fraction of sp³-hybridized carbons (Fsp3) is 0.200. The van der Waals surface area contributed by atoms with Gasteiger partial charge < -0.3 is 15.2 Å². The predicted octanol–water partition coefficient (Wildman–Crippen LogP) is 3.01.